The molecule has 0 saturated carbocycles. The molecule has 0 radical (unpaired) electrons. The van der Waals surface area contributed by atoms with Crippen LogP contribution in [0.3, 0.4) is 0 Å². The van der Waals surface area contributed by atoms with E-state index in [1.165, 1.54) is 151 Å². The van der Waals surface area contributed by atoms with Crippen LogP contribution in [0.5, 0.6) is 0 Å². The molecule has 0 bridgehead atoms. The minimum absolute atomic E-state index is 1.15. The zero-order valence-corrected chi connectivity index (χ0v) is 68.8. The van der Waals surface area contributed by atoms with E-state index in [9.17, 15) is 0 Å². The highest BCUT2D eigenvalue weighted by Gasteiger charge is 2.40. The van der Waals surface area contributed by atoms with E-state index in [-0.39, 0.29) is 0 Å². The molecular formula is C105H114. The SMILES string of the molecule is CC.CC.CC.Cc1c2c3c(c(C)c(C)c4c5c(C)c(C)c6c7c(c(C)c(C)c(c(c1C)c34)c75)CCC6)CCC2.Cc1c2c3c(c(C)c4c5c6c(c(C)c7c8c(c(C)c(C)c(c(c1C)c35)c86)CCC7)C4)CCC2.Cc1c2c3c(c(C)c4c5c6c(c(C)c7c8c(c(C)c9c(c(c1C9)c35)c86)CCC7)C4)CCC2. The molecule has 0 atom stereocenters. The first-order valence-electron chi connectivity index (χ1n) is 42.4. The Labute approximate surface area is 626 Å². The maximum Gasteiger partial charge on any atom is -0.000752 e. The highest BCUT2D eigenvalue weighted by atomic mass is 14.4. The molecule has 15 aromatic carbocycles. The van der Waals surface area contributed by atoms with Crippen molar-refractivity contribution in [3.05, 3.63) is 200 Å². The third kappa shape index (κ3) is 7.93. The molecule has 0 amide bonds. The van der Waals surface area contributed by atoms with E-state index in [0.717, 1.165) is 6.42 Å². The fourth-order valence-corrected chi connectivity index (χ4v) is 25.9. The monoisotopic (exact) mass is 1370 g/mol. The van der Waals surface area contributed by atoms with Gasteiger partial charge in [-0.15, -0.1) is 0 Å². The van der Waals surface area contributed by atoms with Gasteiger partial charge in [-0.3, -0.25) is 0 Å². The summed E-state index contributed by atoms with van der Waals surface area (Å²) in [5.74, 6) is 0. The minimum atomic E-state index is 1.15. The Balaban J connectivity index is 0.000000104. The predicted molar refractivity (Wildman–Crippen MR) is 463 cm³/mol. The van der Waals surface area contributed by atoms with Gasteiger partial charge in [-0.1, -0.05) is 41.5 Å². The molecule has 0 nitrogen and oxygen atoms in total. The van der Waals surface area contributed by atoms with E-state index in [1.807, 2.05) is 41.5 Å². The fraction of sp³-hybridized carbons (Fsp3) is 0.429. The Morgan fingerprint density at radius 1 is 0.105 bits per heavy atom. The standard InChI is InChI=1S/C34H36.C33H32.C32H28.3C2H6/c1-15-19(5)27-28-20(6)17(3)25-13-10-14-26-18(4)22(8)30(34(28)32(25)26)29-21(7)16(2)24-12-9-11-23(15)31(24)33(27)29;1-14-16(3)26-27-17(4)15(2)21-10-8-12-23-19(6)25-13-24-18(5)22-11-7-9-20(14)28(22)32(26)30(24)31(25)33(27)29(21)23;1-13-17-7-5-8-18-14(2)23-12-24-16(4)20-10-6-9-19-15(3)22-11-21(13)27-28(22)32(26(19)20)30(24)29(23)31(27)25(17)18;3*1-2/h9-14H2,1-8H3;7-13H2,1-6H3;5-12H2,1-4H3;3*1-2H3. The molecule has 0 saturated heterocycles. The van der Waals surface area contributed by atoms with Gasteiger partial charge >= 0.3 is 0 Å². The largest absolute Gasteiger partial charge is 0.0683 e. The molecule has 0 spiro atoms. The van der Waals surface area contributed by atoms with Crippen LogP contribution in [-0.4, -0.2) is 0 Å². The number of fused-ring (bicyclic) bond motifs is 3. The van der Waals surface area contributed by atoms with E-state index in [0.29, 0.717) is 0 Å². The Morgan fingerprint density at radius 2 is 0.219 bits per heavy atom. The average Bonchev–Trinajstić information content (AvgIpc) is 1.31. The molecule has 0 aliphatic heterocycles. The van der Waals surface area contributed by atoms with Gasteiger partial charge < -0.3 is 0 Å². The van der Waals surface area contributed by atoms with Crippen LogP contribution in [-0.2, 0) is 96.3 Å². The molecule has 9 aliphatic rings. The van der Waals surface area contributed by atoms with Gasteiger partial charge in [0.25, 0.3) is 0 Å². The smallest absolute Gasteiger partial charge is 0.000752 e. The minimum Gasteiger partial charge on any atom is -0.0683 e. The predicted octanol–water partition coefficient (Wildman–Crippen LogP) is 28.5. The summed E-state index contributed by atoms with van der Waals surface area (Å²) in [6, 6.07) is 0. The molecule has 0 heteroatoms. The second-order valence-corrected chi connectivity index (χ2v) is 34.5. The lowest BCUT2D eigenvalue weighted by Crippen LogP contribution is -2.12. The highest BCUT2D eigenvalue weighted by Crippen LogP contribution is 2.62. The van der Waals surface area contributed by atoms with E-state index < -0.39 is 0 Å². The lowest BCUT2D eigenvalue weighted by Gasteiger charge is -2.32. The van der Waals surface area contributed by atoms with Crippen molar-refractivity contribution in [1.82, 2.24) is 0 Å². The van der Waals surface area contributed by atoms with Gasteiger partial charge in [-0.2, -0.15) is 0 Å². The Hall–Kier alpha value is -7.80. The number of aryl methyl sites for hydroxylation is 18. The first kappa shape index (κ1) is 67.8. The summed E-state index contributed by atoms with van der Waals surface area (Å²) in [4.78, 5) is 0. The number of hydrogen-bond donors (Lipinski definition) is 0. The second-order valence-electron chi connectivity index (χ2n) is 34.5. The van der Waals surface area contributed by atoms with E-state index in [4.69, 9.17) is 0 Å². The first-order valence-corrected chi connectivity index (χ1v) is 42.4. The van der Waals surface area contributed by atoms with Crippen molar-refractivity contribution in [1.29, 1.82) is 0 Å². The topological polar surface area (TPSA) is 0 Å². The van der Waals surface area contributed by atoms with Crippen LogP contribution in [0.15, 0.2) is 0 Å². The van der Waals surface area contributed by atoms with E-state index in [1.54, 1.807) is 307 Å². The molecule has 0 unspecified atom stereocenters. The number of hydrogen-bond acceptors (Lipinski definition) is 0. The second kappa shape index (κ2) is 23.4. The van der Waals surface area contributed by atoms with Gasteiger partial charge in [0, 0.05) is 0 Å². The normalized spacial score (nSPS) is 15.8. The van der Waals surface area contributed by atoms with Crippen molar-refractivity contribution in [2.45, 2.75) is 301 Å². The van der Waals surface area contributed by atoms with Gasteiger partial charge in [0.2, 0.25) is 0 Å². The lowest BCUT2D eigenvalue weighted by atomic mass is 9.71. The third-order valence-electron chi connectivity index (χ3n) is 31.4. The summed E-state index contributed by atoms with van der Waals surface area (Å²) in [5, 5.41) is 39.1. The molecule has 534 valence electrons. The van der Waals surface area contributed by atoms with Gasteiger partial charge in [-0.25, -0.2) is 0 Å². The molecular weight excluding hydrogens is 1260 g/mol. The molecule has 0 aromatic heterocycles. The van der Waals surface area contributed by atoms with Crippen LogP contribution < -0.4 is 0 Å². The van der Waals surface area contributed by atoms with Gasteiger partial charge in [0.05, 0.1) is 0 Å². The van der Waals surface area contributed by atoms with Crippen molar-refractivity contribution in [3.63, 3.8) is 0 Å². The summed E-state index contributed by atoms with van der Waals surface area (Å²) in [5.41, 5.74) is 58.3. The van der Waals surface area contributed by atoms with Gasteiger partial charge in [0.1, 0.15) is 0 Å². The van der Waals surface area contributed by atoms with Crippen molar-refractivity contribution in [2.75, 3.05) is 0 Å². The van der Waals surface area contributed by atoms with Crippen molar-refractivity contribution in [3.8, 4) is 0 Å². The van der Waals surface area contributed by atoms with Crippen molar-refractivity contribution >= 4 is 129 Å². The Kier molecular flexibility index (Phi) is 15.1. The van der Waals surface area contributed by atoms with Crippen LogP contribution in [0.2, 0.25) is 0 Å². The zero-order valence-electron chi connectivity index (χ0n) is 68.8. The Bertz CT molecular complexity index is 5930. The number of rotatable bonds is 0. The zero-order chi connectivity index (χ0) is 73.5. The molecule has 105 heavy (non-hydrogen) atoms. The molecule has 24 rings (SSSR count). The summed E-state index contributed by atoms with van der Waals surface area (Å²) in [6.45, 7) is 55.7. The summed E-state index contributed by atoms with van der Waals surface area (Å²) in [7, 11) is 0. The average molecular weight is 1380 g/mol. The molecule has 15 aromatic rings. The number of benzene rings is 15. The highest BCUT2D eigenvalue weighted by molar-refractivity contribution is 6.42. The molecule has 9 aliphatic carbocycles. The van der Waals surface area contributed by atoms with Crippen LogP contribution in [0.1, 0.15) is 280 Å². The van der Waals surface area contributed by atoms with Crippen LogP contribution in [0, 0.1) is 125 Å². The summed E-state index contributed by atoms with van der Waals surface area (Å²) in [6.07, 6.45) is 26.3. The lowest BCUT2D eigenvalue weighted by molar-refractivity contribution is 0.793. The van der Waals surface area contributed by atoms with Gasteiger partial charge in [-0.05, 0) is 589 Å². The van der Waals surface area contributed by atoms with E-state index in [2.05, 4.69) is 125 Å². The fourth-order valence-electron chi connectivity index (χ4n) is 25.9. The van der Waals surface area contributed by atoms with Crippen molar-refractivity contribution in [2.24, 2.45) is 0 Å². The van der Waals surface area contributed by atoms with E-state index >= 15 is 0 Å². The van der Waals surface area contributed by atoms with Crippen LogP contribution in [0.25, 0.3) is 129 Å². The van der Waals surface area contributed by atoms with Crippen molar-refractivity contribution < 1.29 is 0 Å². The van der Waals surface area contributed by atoms with Crippen LogP contribution in [0.4, 0.5) is 0 Å². The maximum absolute atomic E-state index is 2.46. The van der Waals surface area contributed by atoms with Gasteiger partial charge in [0.15, 0.2) is 0 Å². The first-order chi connectivity index (χ1) is 50.7. The third-order valence-corrected chi connectivity index (χ3v) is 31.4. The molecule has 0 N–H and O–H groups in total. The quantitative estimate of drug-likeness (QED) is 0.105. The molecule has 0 fully saturated rings. The summed E-state index contributed by atoms with van der Waals surface area (Å²) < 4.78 is 0. The molecule has 0 heterocycles. The van der Waals surface area contributed by atoms with Crippen LogP contribution >= 0.6 is 0 Å². The maximum atomic E-state index is 2.46. The summed E-state index contributed by atoms with van der Waals surface area (Å²) >= 11 is 0. The Morgan fingerprint density at radius 3 is 0.362 bits per heavy atom.